The molecule has 1 heterocycles. The molecule has 1 N–H and O–H groups in total. The van der Waals surface area contributed by atoms with Crippen molar-refractivity contribution in [3.63, 3.8) is 0 Å². The van der Waals surface area contributed by atoms with Crippen LogP contribution in [0.25, 0.3) is 5.69 Å². The number of aromatic nitrogens is 2. The van der Waals surface area contributed by atoms with E-state index in [2.05, 4.69) is 5.10 Å². The van der Waals surface area contributed by atoms with Crippen LogP contribution >= 0.6 is 0 Å². The van der Waals surface area contributed by atoms with E-state index in [1.807, 2.05) is 0 Å². The molecule has 0 aliphatic heterocycles. The maximum atomic E-state index is 13.0. The monoisotopic (exact) mass is 274 g/mol. The number of nitrogens with zero attached hydrogens (tertiary/aromatic N) is 2. The standard InChI is InChI=1S/C11H6F4N2O2/c12-6-2-1-3-7(4-6)17-9(11(13,14)15)5-8(16-17)10(18)19/h1-5H,(H,18,19). The van der Waals surface area contributed by atoms with Crippen LogP contribution in [0.3, 0.4) is 0 Å². The third-order valence-electron chi connectivity index (χ3n) is 2.27. The van der Waals surface area contributed by atoms with Crippen molar-refractivity contribution in [3.05, 3.63) is 47.5 Å². The van der Waals surface area contributed by atoms with Crippen molar-refractivity contribution in [2.24, 2.45) is 0 Å². The highest BCUT2D eigenvalue weighted by atomic mass is 19.4. The average Bonchev–Trinajstić information content (AvgIpc) is 2.73. The molecule has 4 nitrogen and oxygen atoms in total. The van der Waals surface area contributed by atoms with Crippen molar-refractivity contribution in [3.8, 4) is 5.69 Å². The molecular weight excluding hydrogens is 268 g/mol. The number of carbonyl (C=O) groups is 1. The van der Waals surface area contributed by atoms with E-state index in [9.17, 15) is 22.4 Å². The van der Waals surface area contributed by atoms with Gasteiger partial charge in [0, 0.05) is 6.07 Å². The van der Waals surface area contributed by atoms with Crippen molar-refractivity contribution in [1.29, 1.82) is 0 Å². The molecule has 0 spiro atoms. The number of carboxylic acid groups (broad SMARTS) is 1. The van der Waals surface area contributed by atoms with Gasteiger partial charge in [0.05, 0.1) is 5.69 Å². The summed E-state index contributed by atoms with van der Waals surface area (Å²) in [6, 6.07) is 4.67. The summed E-state index contributed by atoms with van der Waals surface area (Å²) in [5.41, 5.74) is -2.26. The van der Waals surface area contributed by atoms with Gasteiger partial charge in [-0.3, -0.25) is 0 Å². The Morgan fingerprint density at radius 3 is 2.47 bits per heavy atom. The van der Waals surface area contributed by atoms with E-state index >= 15 is 0 Å². The highest BCUT2D eigenvalue weighted by Crippen LogP contribution is 2.31. The summed E-state index contributed by atoms with van der Waals surface area (Å²) < 4.78 is 51.7. The lowest BCUT2D eigenvalue weighted by Gasteiger charge is -2.09. The second kappa shape index (κ2) is 4.38. The average molecular weight is 274 g/mol. The van der Waals surface area contributed by atoms with Gasteiger partial charge >= 0.3 is 12.1 Å². The minimum Gasteiger partial charge on any atom is -0.476 e. The van der Waals surface area contributed by atoms with Crippen molar-refractivity contribution in [2.75, 3.05) is 0 Å². The van der Waals surface area contributed by atoms with Gasteiger partial charge in [0.1, 0.15) is 11.5 Å². The van der Waals surface area contributed by atoms with Gasteiger partial charge in [-0.15, -0.1) is 0 Å². The molecule has 0 bridgehead atoms. The number of rotatable bonds is 2. The van der Waals surface area contributed by atoms with Crippen LogP contribution in [0.5, 0.6) is 0 Å². The Morgan fingerprint density at radius 1 is 1.26 bits per heavy atom. The predicted molar refractivity (Wildman–Crippen MR) is 55.5 cm³/mol. The largest absolute Gasteiger partial charge is 0.476 e. The first-order chi connectivity index (χ1) is 8.79. The fourth-order valence-corrected chi connectivity index (χ4v) is 1.49. The molecule has 0 fully saturated rings. The highest BCUT2D eigenvalue weighted by Gasteiger charge is 2.37. The van der Waals surface area contributed by atoms with Gasteiger partial charge in [-0.2, -0.15) is 18.3 Å². The van der Waals surface area contributed by atoms with Crippen LogP contribution in [0.1, 0.15) is 16.2 Å². The fraction of sp³-hybridized carbons (Fsp3) is 0.0909. The number of carboxylic acids is 1. The zero-order valence-electron chi connectivity index (χ0n) is 9.15. The van der Waals surface area contributed by atoms with Gasteiger partial charge < -0.3 is 5.11 Å². The van der Waals surface area contributed by atoms with Crippen LogP contribution in [0.2, 0.25) is 0 Å². The molecule has 0 aliphatic rings. The van der Waals surface area contributed by atoms with Crippen LogP contribution in [0, 0.1) is 5.82 Å². The SMILES string of the molecule is O=C(O)c1cc(C(F)(F)F)n(-c2cccc(F)c2)n1. The van der Waals surface area contributed by atoms with Crippen LogP contribution in [-0.4, -0.2) is 20.9 Å². The first-order valence-corrected chi connectivity index (χ1v) is 4.95. The molecule has 0 aliphatic carbocycles. The molecule has 0 atom stereocenters. The summed E-state index contributed by atoms with van der Waals surface area (Å²) in [7, 11) is 0. The molecule has 0 saturated heterocycles. The van der Waals surface area contributed by atoms with E-state index in [4.69, 9.17) is 5.11 Å². The number of benzene rings is 1. The minimum atomic E-state index is -4.80. The molecule has 1 aromatic heterocycles. The maximum Gasteiger partial charge on any atom is 0.433 e. The number of halogens is 4. The van der Waals surface area contributed by atoms with Gasteiger partial charge in [0.2, 0.25) is 0 Å². The summed E-state index contributed by atoms with van der Waals surface area (Å²) in [4.78, 5) is 10.7. The van der Waals surface area contributed by atoms with Gasteiger partial charge in [-0.05, 0) is 18.2 Å². The summed E-state index contributed by atoms with van der Waals surface area (Å²) in [6.45, 7) is 0. The molecule has 2 aromatic rings. The van der Waals surface area contributed by atoms with Gasteiger partial charge in [-0.25, -0.2) is 13.9 Å². The molecule has 19 heavy (non-hydrogen) atoms. The van der Waals surface area contributed by atoms with E-state index < -0.39 is 29.4 Å². The minimum absolute atomic E-state index is 0.208. The molecule has 1 aromatic carbocycles. The molecule has 2 rings (SSSR count). The lowest BCUT2D eigenvalue weighted by atomic mass is 10.3. The Hall–Kier alpha value is -2.38. The van der Waals surface area contributed by atoms with Crippen LogP contribution < -0.4 is 0 Å². The zero-order chi connectivity index (χ0) is 14.2. The van der Waals surface area contributed by atoms with Gasteiger partial charge in [0.15, 0.2) is 5.69 Å². The quantitative estimate of drug-likeness (QED) is 0.857. The number of hydrogen-bond donors (Lipinski definition) is 1. The second-order valence-corrected chi connectivity index (χ2v) is 3.61. The molecular formula is C11H6F4N2O2. The lowest BCUT2D eigenvalue weighted by Crippen LogP contribution is -2.13. The number of aromatic carboxylic acids is 1. The van der Waals surface area contributed by atoms with Crippen molar-refractivity contribution >= 4 is 5.97 Å². The van der Waals surface area contributed by atoms with Gasteiger partial charge in [-0.1, -0.05) is 6.07 Å². The Labute approximate surface area is 103 Å². The summed E-state index contributed by atoms with van der Waals surface area (Å²) in [5.74, 6) is -2.35. The first kappa shape index (κ1) is 13.1. The molecule has 0 unspecified atom stereocenters. The second-order valence-electron chi connectivity index (χ2n) is 3.61. The highest BCUT2D eigenvalue weighted by molar-refractivity contribution is 5.85. The van der Waals surface area contributed by atoms with Crippen molar-refractivity contribution < 1.29 is 27.5 Å². The fourth-order valence-electron chi connectivity index (χ4n) is 1.49. The third kappa shape index (κ3) is 2.56. The van der Waals surface area contributed by atoms with E-state index in [0.29, 0.717) is 10.7 Å². The number of alkyl halides is 3. The predicted octanol–water partition coefficient (Wildman–Crippen LogP) is 2.73. The Kier molecular flexibility index (Phi) is 3.01. The summed E-state index contributed by atoms with van der Waals surface area (Å²) in [6.07, 6.45) is -4.80. The lowest BCUT2D eigenvalue weighted by molar-refractivity contribution is -0.142. The molecule has 0 amide bonds. The normalized spacial score (nSPS) is 11.6. The zero-order valence-corrected chi connectivity index (χ0v) is 9.15. The Balaban J connectivity index is 2.64. The smallest absolute Gasteiger partial charge is 0.433 e. The van der Waals surface area contributed by atoms with Crippen molar-refractivity contribution in [2.45, 2.75) is 6.18 Å². The third-order valence-corrected chi connectivity index (χ3v) is 2.27. The maximum absolute atomic E-state index is 13.0. The summed E-state index contributed by atoms with van der Waals surface area (Å²) in [5, 5.41) is 12.0. The van der Waals surface area contributed by atoms with Gasteiger partial charge in [0.25, 0.3) is 0 Å². The van der Waals surface area contributed by atoms with Crippen LogP contribution in [0.4, 0.5) is 17.6 Å². The topological polar surface area (TPSA) is 55.1 Å². The number of hydrogen-bond acceptors (Lipinski definition) is 2. The summed E-state index contributed by atoms with van der Waals surface area (Å²) >= 11 is 0. The molecule has 8 heteroatoms. The van der Waals surface area contributed by atoms with Crippen LogP contribution in [0.15, 0.2) is 30.3 Å². The van der Waals surface area contributed by atoms with E-state index in [-0.39, 0.29) is 5.69 Å². The van der Waals surface area contributed by atoms with Crippen LogP contribution in [-0.2, 0) is 6.18 Å². The van der Waals surface area contributed by atoms with E-state index in [1.165, 1.54) is 12.1 Å². The Morgan fingerprint density at radius 2 is 1.95 bits per heavy atom. The molecule has 100 valence electrons. The van der Waals surface area contributed by atoms with E-state index in [1.54, 1.807) is 0 Å². The molecule has 0 radical (unpaired) electrons. The van der Waals surface area contributed by atoms with E-state index in [0.717, 1.165) is 12.1 Å². The first-order valence-electron chi connectivity index (χ1n) is 4.95. The molecule has 0 saturated carbocycles. The van der Waals surface area contributed by atoms with Crippen molar-refractivity contribution in [1.82, 2.24) is 9.78 Å². The Bertz CT molecular complexity index is 634.